The summed E-state index contributed by atoms with van der Waals surface area (Å²) in [5, 5.41) is 23.2. The number of aliphatic hydroxyl groups is 2. The predicted molar refractivity (Wildman–Crippen MR) is 48.7 cm³/mol. The first kappa shape index (κ1) is 19.1. The average molecular weight is 231 g/mol. The summed E-state index contributed by atoms with van der Waals surface area (Å²) in [6.45, 7) is 3.03. The maximum absolute atomic E-state index is 9.70. The normalized spacial score (nSPS) is 7.93. The maximum atomic E-state index is 9.70. The Morgan fingerprint density at radius 2 is 1.36 bits per heavy atom. The summed E-state index contributed by atoms with van der Waals surface area (Å²) >= 11 is 0. The number of hydrogen-bond donors (Lipinski definition) is 5. The fourth-order valence-electron chi connectivity index (χ4n) is 0. The molecule has 0 rings (SSSR count). The Bertz CT molecular complexity index is 141. The number of carboxylic acids is 1. The SMILES string of the molecule is CC(C)C(=O)O.O=[P+](O)O.OCCO. The molecule has 0 saturated carbocycles. The van der Waals surface area contributed by atoms with E-state index in [1.165, 1.54) is 0 Å². The molecule has 0 bridgehead atoms. The first-order valence-corrected chi connectivity index (χ1v) is 4.75. The van der Waals surface area contributed by atoms with Crippen molar-refractivity contribution in [1.82, 2.24) is 0 Å². The summed E-state index contributed by atoms with van der Waals surface area (Å²) in [5.74, 6) is -0.972. The molecule has 0 aliphatic carbocycles. The standard InChI is InChI=1S/C4H8O2.C2H6O2.HO3P/c1-3(2)4(5)6;3-1-2-4;1-4(2)3/h3H,1-2H3,(H,5,6);3-4H,1-2H2;(H-,1,2,3)/p+1. The zero-order valence-electron chi connectivity index (χ0n) is 7.99. The van der Waals surface area contributed by atoms with Crippen LogP contribution in [0.1, 0.15) is 13.8 Å². The first-order chi connectivity index (χ1) is 6.29. The molecule has 0 heterocycles. The van der Waals surface area contributed by atoms with Crippen molar-refractivity contribution in [2.45, 2.75) is 13.8 Å². The van der Waals surface area contributed by atoms with Gasteiger partial charge in [0, 0.05) is 4.57 Å². The van der Waals surface area contributed by atoms with Crippen molar-refractivity contribution in [3.8, 4) is 0 Å². The van der Waals surface area contributed by atoms with Crippen LogP contribution in [-0.2, 0) is 9.36 Å². The highest BCUT2D eigenvalue weighted by Crippen LogP contribution is 1.98. The molecule has 0 radical (unpaired) electrons. The third kappa shape index (κ3) is 63.6. The van der Waals surface area contributed by atoms with E-state index < -0.39 is 14.2 Å². The summed E-state index contributed by atoms with van der Waals surface area (Å²) < 4.78 is 8.70. The lowest BCUT2D eigenvalue weighted by atomic mass is 10.2. The zero-order valence-corrected chi connectivity index (χ0v) is 8.89. The molecule has 8 heteroatoms. The van der Waals surface area contributed by atoms with Crippen LogP contribution in [0.15, 0.2) is 0 Å². The van der Waals surface area contributed by atoms with E-state index in [0.29, 0.717) is 0 Å². The molecular formula is C6H16O7P+. The van der Waals surface area contributed by atoms with Gasteiger partial charge < -0.3 is 15.3 Å². The van der Waals surface area contributed by atoms with E-state index in [0.717, 1.165) is 0 Å². The third-order valence-corrected chi connectivity index (χ3v) is 0.594. The van der Waals surface area contributed by atoms with Crippen LogP contribution in [0.2, 0.25) is 0 Å². The van der Waals surface area contributed by atoms with Crippen molar-refractivity contribution in [2.24, 2.45) is 5.92 Å². The molecule has 0 aliphatic rings. The summed E-state index contributed by atoms with van der Waals surface area (Å²) in [6, 6.07) is 0. The highest BCUT2D eigenvalue weighted by Gasteiger charge is 1.99. The summed E-state index contributed by atoms with van der Waals surface area (Å²) in [5.41, 5.74) is 0. The topological polar surface area (TPSA) is 135 Å². The molecule has 0 aliphatic heterocycles. The van der Waals surface area contributed by atoms with Gasteiger partial charge in [-0.2, -0.15) is 0 Å². The van der Waals surface area contributed by atoms with Gasteiger partial charge in [0.15, 0.2) is 0 Å². The summed E-state index contributed by atoms with van der Waals surface area (Å²) in [4.78, 5) is 23.9. The molecule has 0 unspecified atom stereocenters. The van der Waals surface area contributed by atoms with E-state index in [1.807, 2.05) is 0 Å². The van der Waals surface area contributed by atoms with Gasteiger partial charge in [0.05, 0.1) is 19.1 Å². The minimum absolute atomic E-state index is 0.125. The smallest absolute Gasteiger partial charge is 0.481 e. The molecule has 86 valence electrons. The van der Waals surface area contributed by atoms with Crippen LogP contribution in [0.4, 0.5) is 0 Å². The van der Waals surface area contributed by atoms with Crippen LogP contribution in [-0.4, -0.2) is 44.3 Å². The van der Waals surface area contributed by atoms with Crippen LogP contribution in [0.25, 0.3) is 0 Å². The van der Waals surface area contributed by atoms with Crippen LogP contribution in [0, 0.1) is 5.92 Å². The van der Waals surface area contributed by atoms with E-state index in [2.05, 4.69) is 0 Å². The highest BCUT2D eigenvalue weighted by atomic mass is 31.1. The summed E-state index contributed by atoms with van der Waals surface area (Å²) in [6.07, 6.45) is 0. The molecule has 0 aromatic rings. The minimum Gasteiger partial charge on any atom is -0.481 e. The molecule has 0 aromatic carbocycles. The number of carboxylic acid groups (broad SMARTS) is 1. The largest absolute Gasteiger partial charge is 0.692 e. The second-order valence-corrected chi connectivity index (χ2v) is 2.70. The van der Waals surface area contributed by atoms with Crippen LogP contribution >= 0.6 is 8.25 Å². The molecule has 5 N–H and O–H groups in total. The van der Waals surface area contributed by atoms with E-state index in [4.69, 9.17) is 29.7 Å². The van der Waals surface area contributed by atoms with Crippen molar-refractivity contribution in [3.05, 3.63) is 0 Å². The van der Waals surface area contributed by atoms with Gasteiger partial charge in [-0.25, -0.2) is 0 Å². The van der Waals surface area contributed by atoms with Gasteiger partial charge >= 0.3 is 14.2 Å². The van der Waals surface area contributed by atoms with E-state index in [9.17, 15) is 4.79 Å². The van der Waals surface area contributed by atoms with Gasteiger partial charge in [-0.15, -0.1) is 9.79 Å². The number of aliphatic carboxylic acids is 1. The van der Waals surface area contributed by atoms with Gasteiger partial charge in [-0.3, -0.25) is 4.79 Å². The Morgan fingerprint density at radius 3 is 1.36 bits per heavy atom. The fraction of sp³-hybridized carbons (Fsp3) is 0.833. The lowest BCUT2D eigenvalue weighted by Gasteiger charge is -1.89. The number of rotatable bonds is 2. The van der Waals surface area contributed by atoms with Crippen LogP contribution in [0.3, 0.4) is 0 Å². The van der Waals surface area contributed by atoms with Crippen molar-refractivity contribution >= 4 is 14.2 Å². The second kappa shape index (κ2) is 14.9. The molecule has 0 aromatic heterocycles. The minimum atomic E-state index is -2.87. The molecule has 0 fully saturated rings. The lowest BCUT2D eigenvalue weighted by Crippen LogP contribution is -2.03. The Morgan fingerprint density at radius 1 is 1.21 bits per heavy atom. The van der Waals surface area contributed by atoms with E-state index >= 15 is 0 Å². The average Bonchev–Trinajstić information content (AvgIpc) is 2.03. The van der Waals surface area contributed by atoms with Gasteiger partial charge in [-0.05, 0) is 0 Å². The number of carbonyl (C=O) groups is 1. The molecule has 0 atom stereocenters. The lowest BCUT2D eigenvalue weighted by molar-refractivity contribution is -0.140. The second-order valence-electron chi connectivity index (χ2n) is 2.19. The monoisotopic (exact) mass is 231 g/mol. The van der Waals surface area contributed by atoms with Crippen LogP contribution in [0.5, 0.6) is 0 Å². The van der Waals surface area contributed by atoms with Crippen molar-refractivity contribution in [3.63, 3.8) is 0 Å². The number of hydrogen-bond acceptors (Lipinski definition) is 4. The van der Waals surface area contributed by atoms with Gasteiger partial charge in [0.1, 0.15) is 0 Å². The summed E-state index contributed by atoms with van der Waals surface area (Å²) in [7, 11) is -2.87. The van der Waals surface area contributed by atoms with Crippen LogP contribution < -0.4 is 0 Å². The molecule has 0 amide bonds. The number of aliphatic hydroxyl groups excluding tert-OH is 2. The first-order valence-electron chi connectivity index (χ1n) is 3.59. The Balaban J connectivity index is -0.000000135. The molecule has 7 nitrogen and oxygen atoms in total. The van der Waals surface area contributed by atoms with E-state index in [-0.39, 0.29) is 19.1 Å². The maximum Gasteiger partial charge on any atom is 0.692 e. The van der Waals surface area contributed by atoms with Crippen molar-refractivity contribution < 1.29 is 34.5 Å². The molecule has 14 heavy (non-hydrogen) atoms. The van der Waals surface area contributed by atoms with E-state index in [1.54, 1.807) is 13.8 Å². The zero-order chi connectivity index (χ0) is 12.1. The third-order valence-electron chi connectivity index (χ3n) is 0.594. The predicted octanol–water partition coefficient (Wildman–Crippen LogP) is -0.674. The molecular weight excluding hydrogens is 215 g/mol. The van der Waals surface area contributed by atoms with Crippen molar-refractivity contribution in [1.29, 1.82) is 0 Å². The van der Waals surface area contributed by atoms with Gasteiger partial charge in [0.25, 0.3) is 0 Å². The Kier molecular flexibility index (Phi) is 20.3. The molecule has 0 spiro atoms. The Labute approximate surface area is 82.6 Å². The Hall–Kier alpha value is -0.590. The van der Waals surface area contributed by atoms with Crippen molar-refractivity contribution in [2.75, 3.05) is 13.2 Å². The van der Waals surface area contributed by atoms with Gasteiger partial charge in [-0.1, -0.05) is 13.8 Å². The molecule has 0 saturated heterocycles. The van der Waals surface area contributed by atoms with Gasteiger partial charge in [0.2, 0.25) is 0 Å². The highest BCUT2D eigenvalue weighted by molar-refractivity contribution is 7.30. The fourth-order valence-corrected chi connectivity index (χ4v) is 0. The quantitative estimate of drug-likeness (QED) is 0.397.